The van der Waals surface area contributed by atoms with Gasteiger partial charge < -0.3 is 5.32 Å². The summed E-state index contributed by atoms with van der Waals surface area (Å²) in [4.78, 5) is 6.63. The van der Waals surface area contributed by atoms with Crippen molar-refractivity contribution in [1.82, 2.24) is 10.3 Å². The third-order valence-electron chi connectivity index (χ3n) is 4.94. The van der Waals surface area contributed by atoms with Gasteiger partial charge in [0.15, 0.2) is 0 Å². The van der Waals surface area contributed by atoms with Gasteiger partial charge >= 0.3 is 0 Å². The minimum atomic E-state index is 0.183. The Balaban J connectivity index is 1.88. The molecule has 1 heterocycles. The smallest absolute Gasteiger partial charge is 0.113 e. The molecule has 0 aliphatic heterocycles. The molecule has 19 heavy (non-hydrogen) atoms. The lowest BCUT2D eigenvalue weighted by Gasteiger charge is -2.33. The topological polar surface area (TPSA) is 24.9 Å². The normalized spacial score (nSPS) is 23.4. The molecule has 2 aliphatic rings. The van der Waals surface area contributed by atoms with Crippen LogP contribution in [0.25, 0.3) is 0 Å². The fourth-order valence-electron chi connectivity index (χ4n) is 3.64. The highest BCUT2D eigenvalue weighted by Crippen LogP contribution is 2.39. The molecular weight excluding hydrogens is 252 g/mol. The van der Waals surface area contributed by atoms with Crippen molar-refractivity contribution in [3.8, 4) is 0 Å². The maximum absolute atomic E-state index is 5.05. The molecule has 1 saturated carbocycles. The molecule has 1 fully saturated rings. The van der Waals surface area contributed by atoms with E-state index in [0.29, 0.717) is 0 Å². The van der Waals surface area contributed by atoms with Crippen LogP contribution in [0.15, 0.2) is 0 Å². The predicted molar refractivity (Wildman–Crippen MR) is 81.8 cm³/mol. The number of nitrogens with zero attached hydrogens (tertiary/aromatic N) is 1. The Morgan fingerprint density at radius 2 is 1.63 bits per heavy atom. The van der Waals surface area contributed by atoms with Gasteiger partial charge in [0.1, 0.15) is 5.01 Å². The molecule has 3 heteroatoms. The number of hydrogen-bond acceptors (Lipinski definition) is 3. The van der Waals surface area contributed by atoms with Gasteiger partial charge in [-0.05, 0) is 45.6 Å². The molecule has 0 atom stereocenters. The number of thiazole rings is 1. The zero-order valence-electron chi connectivity index (χ0n) is 12.1. The fraction of sp³-hybridized carbons (Fsp3) is 0.812. The van der Waals surface area contributed by atoms with Gasteiger partial charge in [-0.2, -0.15) is 0 Å². The molecule has 0 aromatic carbocycles. The number of nitrogens with one attached hydrogen (secondary N) is 1. The summed E-state index contributed by atoms with van der Waals surface area (Å²) in [5.74, 6) is 0. The number of aromatic nitrogens is 1. The molecule has 0 spiro atoms. The van der Waals surface area contributed by atoms with Gasteiger partial charge in [0.05, 0.1) is 11.2 Å². The van der Waals surface area contributed by atoms with Crippen LogP contribution in [0.1, 0.15) is 73.4 Å². The Bertz CT molecular complexity index is 393. The van der Waals surface area contributed by atoms with Crippen LogP contribution >= 0.6 is 11.3 Å². The van der Waals surface area contributed by atoms with Gasteiger partial charge in [-0.1, -0.05) is 32.1 Å². The zero-order chi connectivity index (χ0) is 13.1. The van der Waals surface area contributed by atoms with Gasteiger partial charge in [0.2, 0.25) is 0 Å². The maximum atomic E-state index is 5.05. The first kappa shape index (κ1) is 13.6. The molecule has 1 N–H and O–H groups in total. The van der Waals surface area contributed by atoms with E-state index in [-0.39, 0.29) is 5.54 Å². The van der Waals surface area contributed by atoms with E-state index in [1.807, 2.05) is 11.3 Å². The summed E-state index contributed by atoms with van der Waals surface area (Å²) in [6, 6.07) is 0. The summed E-state index contributed by atoms with van der Waals surface area (Å²) in [5, 5.41) is 5.05. The molecule has 1 aromatic rings. The quantitative estimate of drug-likeness (QED) is 0.878. The largest absolute Gasteiger partial charge is 0.308 e. The summed E-state index contributed by atoms with van der Waals surface area (Å²) in [6.45, 7) is 0. The predicted octanol–water partition coefficient (Wildman–Crippen LogP) is 4.18. The van der Waals surface area contributed by atoms with Crippen LogP contribution < -0.4 is 5.32 Å². The summed E-state index contributed by atoms with van der Waals surface area (Å²) in [5.41, 5.74) is 1.60. The van der Waals surface area contributed by atoms with Gasteiger partial charge in [-0.15, -0.1) is 11.3 Å². The Labute approximate surface area is 121 Å². The first-order valence-corrected chi connectivity index (χ1v) is 8.84. The molecule has 1 aromatic heterocycles. The van der Waals surface area contributed by atoms with Crippen molar-refractivity contribution in [2.75, 3.05) is 7.05 Å². The average molecular weight is 278 g/mol. The molecule has 0 saturated heterocycles. The molecular formula is C16H26N2S. The minimum absolute atomic E-state index is 0.183. The Hall–Kier alpha value is -0.410. The summed E-state index contributed by atoms with van der Waals surface area (Å²) < 4.78 is 0. The lowest BCUT2D eigenvalue weighted by molar-refractivity contribution is 0.269. The fourth-order valence-corrected chi connectivity index (χ4v) is 5.04. The van der Waals surface area contributed by atoms with E-state index in [4.69, 9.17) is 4.98 Å². The first-order chi connectivity index (χ1) is 9.34. The van der Waals surface area contributed by atoms with Crippen LogP contribution in [0, 0.1) is 0 Å². The monoisotopic (exact) mass is 278 g/mol. The molecule has 0 radical (unpaired) electrons. The van der Waals surface area contributed by atoms with Gasteiger partial charge in [0, 0.05) is 4.88 Å². The van der Waals surface area contributed by atoms with Crippen LogP contribution in [-0.2, 0) is 18.4 Å². The first-order valence-electron chi connectivity index (χ1n) is 8.02. The number of fused-ring (bicyclic) bond motifs is 1. The van der Waals surface area contributed by atoms with E-state index in [0.717, 1.165) is 0 Å². The standard InChI is InChI=1S/C16H26N2S/c1-17-16(11-7-3-2-4-8-12-16)15-18-13-9-5-6-10-14(13)19-15/h17H,2-12H2,1H3. The van der Waals surface area contributed by atoms with E-state index in [1.165, 1.54) is 81.3 Å². The average Bonchev–Trinajstić information content (AvgIpc) is 2.83. The second-order valence-corrected chi connectivity index (χ2v) is 7.28. The van der Waals surface area contributed by atoms with Crippen molar-refractivity contribution < 1.29 is 0 Å². The SMILES string of the molecule is CNC1(c2nc3c(s2)CCCC3)CCCCCCC1. The Morgan fingerprint density at radius 3 is 2.32 bits per heavy atom. The minimum Gasteiger partial charge on any atom is -0.308 e. The van der Waals surface area contributed by atoms with Gasteiger partial charge in [-0.3, -0.25) is 0 Å². The van der Waals surface area contributed by atoms with E-state index < -0.39 is 0 Å². The van der Waals surface area contributed by atoms with Crippen LogP contribution in [-0.4, -0.2) is 12.0 Å². The van der Waals surface area contributed by atoms with E-state index in [1.54, 1.807) is 4.88 Å². The second kappa shape index (κ2) is 5.92. The third kappa shape index (κ3) is 2.73. The van der Waals surface area contributed by atoms with Crippen molar-refractivity contribution in [1.29, 1.82) is 0 Å². The van der Waals surface area contributed by atoms with Crippen molar-refractivity contribution in [3.05, 3.63) is 15.6 Å². The summed E-state index contributed by atoms with van der Waals surface area (Å²) in [7, 11) is 2.14. The highest BCUT2D eigenvalue weighted by molar-refractivity contribution is 7.11. The van der Waals surface area contributed by atoms with Crippen LogP contribution in [0.3, 0.4) is 0 Å². The highest BCUT2D eigenvalue weighted by atomic mass is 32.1. The molecule has 0 amide bonds. The lowest BCUT2D eigenvalue weighted by atomic mass is 9.84. The highest BCUT2D eigenvalue weighted by Gasteiger charge is 2.34. The molecule has 0 unspecified atom stereocenters. The second-order valence-electron chi connectivity index (χ2n) is 6.20. The van der Waals surface area contributed by atoms with E-state index in [9.17, 15) is 0 Å². The molecule has 2 aliphatic carbocycles. The third-order valence-corrected chi connectivity index (χ3v) is 6.30. The lowest BCUT2D eigenvalue weighted by Crippen LogP contribution is -2.40. The van der Waals surface area contributed by atoms with Crippen molar-refractivity contribution >= 4 is 11.3 Å². The van der Waals surface area contributed by atoms with Gasteiger partial charge in [0.25, 0.3) is 0 Å². The van der Waals surface area contributed by atoms with Crippen molar-refractivity contribution in [3.63, 3.8) is 0 Å². The Kier molecular flexibility index (Phi) is 4.23. The van der Waals surface area contributed by atoms with Crippen molar-refractivity contribution in [2.45, 2.75) is 76.2 Å². The number of aryl methyl sites for hydroxylation is 2. The Morgan fingerprint density at radius 1 is 0.947 bits per heavy atom. The van der Waals surface area contributed by atoms with Gasteiger partial charge in [-0.25, -0.2) is 4.98 Å². The number of hydrogen-bond donors (Lipinski definition) is 1. The van der Waals surface area contributed by atoms with Crippen molar-refractivity contribution in [2.24, 2.45) is 0 Å². The van der Waals surface area contributed by atoms with E-state index >= 15 is 0 Å². The molecule has 2 nitrogen and oxygen atoms in total. The number of rotatable bonds is 2. The molecule has 3 rings (SSSR count). The van der Waals surface area contributed by atoms with Crippen LogP contribution in [0.5, 0.6) is 0 Å². The van der Waals surface area contributed by atoms with Crippen LogP contribution in [0.2, 0.25) is 0 Å². The molecule has 106 valence electrons. The summed E-state index contributed by atoms with van der Waals surface area (Å²) >= 11 is 2.01. The summed E-state index contributed by atoms with van der Waals surface area (Å²) in [6.07, 6.45) is 14.7. The van der Waals surface area contributed by atoms with Crippen LogP contribution in [0.4, 0.5) is 0 Å². The molecule has 0 bridgehead atoms. The maximum Gasteiger partial charge on any atom is 0.113 e. The zero-order valence-corrected chi connectivity index (χ0v) is 13.0. The van der Waals surface area contributed by atoms with E-state index in [2.05, 4.69) is 12.4 Å².